The summed E-state index contributed by atoms with van der Waals surface area (Å²) in [4.78, 5) is 2.56. The third-order valence-electron chi connectivity index (χ3n) is 4.03. The maximum atomic E-state index is 9.55. The molecule has 2 nitrogen and oxygen atoms in total. The molecule has 0 atom stereocenters. The summed E-state index contributed by atoms with van der Waals surface area (Å²) >= 11 is 0. The average molecular weight is 217 g/mol. The van der Waals surface area contributed by atoms with Gasteiger partial charge in [0.2, 0.25) is 0 Å². The van der Waals surface area contributed by atoms with Crippen molar-refractivity contribution < 1.29 is 5.11 Å². The van der Waals surface area contributed by atoms with E-state index in [1.165, 1.54) is 24.2 Å². The summed E-state index contributed by atoms with van der Waals surface area (Å²) in [6, 6.07) is 9.41. The fourth-order valence-corrected chi connectivity index (χ4v) is 3.11. The standard InChI is InChI=1S/C14H19NO/c16-13-7-5-12(6-8-13)15-10-9-11-3-1-2-4-14(11)15/h1-4,12-13,16H,5-10H2. The predicted molar refractivity (Wildman–Crippen MR) is 65.8 cm³/mol. The molecule has 1 aliphatic heterocycles. The minimum atomic E-state index is -0.0471. The minimum Gasteiger partial charge on any atom is -0.393 e. The molecule has 0 amide bonds. The Morgan fingerprint density at radius 2 is 1.81 bits per heavy atom. The van der Waals surface area contributed by atoms with Gasteiger partial charge >= 0.3 is 0 Å². The first-order valence-corrected chi connectivity index (χ1v) is 6.37. The number of anilines is 1. The molecule has 2 aliphatic rings. The molecule has 1 aromatic carbocycles. The molecular formula is C14H19NO. The second-order valence-corrected chi connectivity index (χ2v) is 5.03. The van der Waals surface area contributed by atoms with Crippen LogP contribution in [0, 0.1) is 0 Å². The molecule has 0 aromatic heterocycles. The molecule has 1 aliphatic carbocycles. The maximum Gasteiger partial charge on any atom is 0.0541 e. The molecule has 86 valence electrons. The highest BCUT2D eigenvalue weighted by Gasteiger charge is 2.28. The van der Waals surface area contributed by atoms with Crippen molar-refractivity contribution in [2.45, 2.75) is 44.2 Å². The summed E-state index contributed by atoms with van der Waals surface area (Å²) < 4.78 is 0. The van der Waals surface area contributed by atoms with Crippen molar-refractivity contribution in [1.82, 2.24) is 0 Å². The van der Waals surface area contributed by atoms with Crippen LogP contribution >= 0.6 is 0 Å². The molecule has 1 N–H and O–H groups in total. The van der Waals surface area contributed by atoms with Gasteiger partial charge < -0.3 is 10.0 Å². The Bertz CT molecular complexity index is 369. The van der Waals surface area contributed by atoms with Crippen molar-refractivity contribution in [3.63, 3.8) is 0 Å². The van der Waals surface area contributed by atoms with E-state index >= 15 is 0 Å². The zero-order valence-electron chi connectivity index (χ0n) is 9.60. The van der Waals surface area contributed by atoms with E-state index in [9.17, 15) is 5.11 Å². The molecule has 1 fully saturated rings. The largest absolute Gasteiger partial charge is 0.393 e. The minimum absolute atomic E-state index is 0.0471. The normalized spacial score (nSPS) is 29.2. The number of hydrogen-bond donors (Lipinski definition) is 1. The van der Waals surface area contributed by atoms with Crippen LogP contribution in [0.2, 0.25) is 0 Å². The molecule has 16 heavy (non-hydrogen) atoms. The summed E-state index contributed by atoms with van der Waals surface area (Å²) in [6.07, 6.45) is 5.39. The molecule has 1 heterocycles. The summed E-state index contributed by atoms with van der Waals surface area (Å²) in [7, 11) is 0. The Morgan fingerprint density at radius 1 is 1.06 bits per heavy atom. The monoisotopic (exact) mass is 217 g/mol. The number of fused-ring (bicyclic) bond motifs is 1. The lowest BCUT2D eigenvalue weighted by Gasteiger charge is -2.34. The molecule has 0 unspecified atom stereocenters. The lowest BCUT2D eigenvalue weighted by atomic mass is 9.92. The zero-order valence-corrected chi connectivity index (χ0v) is 9.60. The third-order valence-corrected chi connectivity index (χ3v) is 4.03. The molecule has 2 heteroatoms. The summed E-state index contributed by atoms with van der Waals surface area (Å²) in [5, 5.41) is 9.55. The lowest BCUT2D eigenvalue weighted by Crippen LogP contribution is -2.38. The van der Waals surface area contributed by atoms with Gasteiger partial charge in [0, 0.05) is 18.3 Å². The van der Waals surface area contributed by atoms with Crippen LogP contribution in [0.4, 0.5) is 5.69 Å². The molecule has 0 saturated heterocycles. The van der Waals surface area contributed by atoms with Crippen LogP contribution in [0.3, 0.4) is 0 Å². The molecule has 1 aromatic rings. The highest BCUT2D eigenvalue weighted by atomic mass is 16.3. The number of hydrogen-bond acceptors (Lipinski definition) is 2. The highest BCUT2D eigenvalue weighted by Crippen LogP contribution is 2.34. The van der Waals surface area contributed by atoms with E-state index in [-0.39, 0.29) is 6.10 Å². The first-order chi connectivity index (χ1) is 7.84. The van der Waals surface area contributed by atoms with Gasteiger partial charge in [-0.3, -0.25) is 0 Å². The lowest BCUT2D eigenvalue weighted by molar-refractivity contribution is 0.122. The Kier molecular flexibility index (Phi) is 2.60. The smallest absolute Gasteiger partial charge is 0.0541 e. The van der Waals surface area contributed by atoms with Gasteiger partial charge in [-0.2, -0.15) is 0 Å². The molecule has 1 saturated carbocycles. The zero-order chi connectivity index (χ0) is 11.0. The highest BCUT2D eigenvalue weighted by molar-refractivity contribution is 5.58. The van der Waals surface area contributed by atoms with Crippen LogP contribution in [0.1, 0.15) is 31.2 Å². The molecule has 0 bridgehead atoms. The fourth-order valence-electron chi connectivity index (χ4n) is 3.11. The Balaban J connectivity index is 1.77. The van der Waals surface area contributed by atoms with Crippen LogP contribution in [-0.4, -0.2) is 23.8 Å². The van der Waals surface area contributed by atoms with Crippen LogP contribution in [0.15, 0.2) is 24.3 Å². The number of rotatable bonds is 1. The SMILES string of the molecule is OC1CCC(N2CCc3ccccc32)CC1. The van der Waals surface area contributed by atoms with Gasteiger partial charge in [-0.15, -0.1) is 0 Å². The quantitative estimate of drug-likeness (QED) is 0.780. The van der Waals surface area contributed by atoms with E-state index in [0.29, 0.717) is 6.04 Å². The first kappa shape index (κ1) is 10.2. The predicted octanol–water partition coefficient (Wildman–Crippen LogP) is 2.35. The van der Waals surface area contributed by atoms with Crippen LogP contribution in [0.25, 0.3) is 0 Å². The molecule has 0 radical (unpaired) electrons. The van der Waals surface area contributed by atoms with E-state index in [1.54, 1.807) is 0 Å². The van der Waals surface area contributed by atoms with E-state index < -0.39 is 0 Å². The summed E-state index contributed by atoms with van der Waals surface area (Å²) in [5.41, 5.74) is 2.93. The van der Waals surface area contributed by atoms with Crippen molar-refractivity contribution in [1.29, 1.82) is 0 Å². The topological polar surface area (TPSA) is 23.5 Å². The van der Waals surface area contributed by atoms with Gasteiger partial charge in [-0.05, 0) is 43.7 Å². The van der Waals surface area contributed by atoms with Gasteiger partial charge in [0.15, 0.2) is 0 Å². The summed E-state index contributed by atoms with van der Waals surface area (Å²) in [5.74, 6) is 0. The van der Waals surface area contributed by atoms with Crippen molar-refractivity contribution in [2.75, 3.05) is 11.4 Å². The van der Waals surface area contributed by atoms with E-state index in [0.717, 1.165) is 25.7 Å². The molecule has 3 rings (SSSR count). The number of para-hydroxylation sites is 1. The number of aliphatic hydroxyl groups is 1. The Hall–Kier alpha value is -1.02. The first-order valence-electron chi connectivity index (χ1n) is 6.37. The maximum absolute atomic E-state index is 9.55. The van der Waals surface area contributed by atoms with E-state index in [4.69, 9.17) is 0 Å². The Labute approximate surface area is 96.9 Å². The number of aliphatic hydroxyl groups excluding tert-OH is 1. The second kappa shape index (κ2) is 4.10. The van der Waals surface area contributed by atoms with Crippen molar-refractivity contribution in [3.8, 4) is 0 Å². The van der Waals surface area contributed by atoms with Gasteiger partial charge in [0.05, 0.1) is 6.10 Å². The van der Waals surface area contributed by atoms with Gasteiger partial charge in [-0.1, -0.05) is 18.2 Å². The molecule has 0 spiro atoms. The van der Waals surface area contributed by atoms with E-state index in [1.807, 2.05) is 0 Å². The third kappa shape index (κ3) is 1.71. The van der Waals surface area contributed by atoms with Crippen molar-refractivity contribution in [2.24, 2.45) is 0 Å². The van der Waals surface area contributed by atoms with E-state index in [2.05, 4.69) is 29.2 Å². The van der Waals surface area contributed by atoms with Gasteiger partial charge in [0.1, 0.15) is 0 Å². The van der Waals surface area contributed by atoms with Crippen LogP contribution in [-0.2, 0) is 6.42 Å². The second-order valence-electron chi connectivity index (χ2n) is 5.03. The summed E-state index contributed by atoms with van der Waals surface area (Å²) in [6.45, 7) is 1.17. The van der Waals surface area contributed by atoms with Crippen molar-refractivity contribution >= 4 is 5.69 Å². The van der Waals surface area contributed by atoms with Gasteiger partial charge in [0.25, 0.3) is 0 Å². The average Bonchev–Trinajstić information content (AvgIpc) is 2.74. The van der Waals surface area contributed by atoms with Crippen LogP contribution in [0.5, 0.6) is 0 Å². The number of nitrogens with zero attached hydrogens (tertiary/aromatic N) is 1. The number of benzene rings is 1. The van der Waals surface area contributed by atoms with Gasteiger partial charge in [-0.25, -0.2) is 0 Å². The van der Waals surface area contributed by atoms with Crippen LogP contribution < -0.4 is 4.90 Å². The Morgan fingerprint density at radius 3 is 2.62 bits per heavy atom. The molecular weight excluding hydrogens is 198 g/mol. The fraction of sp³-hybridized carbons (Fsp3) is 0.571. The van der Waals surface area contributed by atoms with Crippen molar-refractivity contribution in [3.05, 3.63) is 29.8 Å².